The van der Waals surface area contributed by atoms with Gasteiger partial charge in [0.15, 0.2) is 0 Å². The molecular weight excluding hydrogens is 406 g/mol. The van der Waals surface area contributed by atoms with Crippen molar-refractivity contribution in [3.8, 4) is 5.75 Å². The van der Waals surface area contributed by atoms with Crippen molar-refractivity contribution < 1.29 is 29.5 Å². The number of carbonyl (C=O) groups is 2. The monoisotopic (exact) mass is 431 g/mol. The highest BCUT2D eigenvalue weighted by Crippen LogP contribution is 2.17. The highest BCUT2D eigenvalue weighted by molar-refractivity contribution is 6.27. The molecule has 0 unspecified atom stereocenters. The van der Waals surface area contributed by atoms with Crippen molar-refractivity contribution in [2.45, 2.75) is 13.1 Å². The number of nitro groups is 1. The quantitative estimate of drug-likeness (QED) is 0.400. The molecule has 1 fully saturated rings. The lowest BCUT2D eigenvalue weighted by Crippen LogP contribution is -2.45. The first-order valence-electron chi connectivity index (χ1n) is 9.55. The van der Waals surface area contributed by atoms with Crippen LogP contribution in [0.3, 0.4) is 0 Å². The molecule has 0 bridgehead atoms. The van der Waals surface area contributed by atoms with Gasteiger partial charge in [-0.05, 0) is 23.3 Å². The smallest absolute Gasteiger partial charge is 0.414 e. The highest BCUT2D eigenvalue weighted by Gasteiger charge is 2.17. The van der Waals surface area contributed by atoms with E-state index in [1.807, 2.05) is 24.3 Å². The van der Waals surface area contributed by atoms with Gasteiger partial charge in [0.1, 0.15) is 5.75 Å². The van der Waals surface area contributed by atoms with Crippen molar-refractivity contribution in [1.82, 2.24) is 9.80 Å². The average Bonchev–Trinajstić information content (AvgIpc) is 2.76. The number of methoxy groups -OCH3 is 1. The Kier molecular flexibility index (Phi) is 8.92. The summed E-state index contributed by atoms with van der Waals surface area (Å²) in [6.07, 6.45) is 0. The van der Waals surface area contributed by atoms with Gasteiger partial charge in [0.25, 0.3) is 5.69 Å². The molecule has 1 heterocycles. The minimum absolute atomic E-state index is 0.145. The van der Waals surface area contributed by atoms with Crippen LogP contribution < -0.4 is 4.74 Å². The Bertz CT molecular complexity index is 882. The second-order valence-corrected chi connectivity index (χ2v) is 6.94. The third-order valence-electron chi connectivity index (χ3n) is 4.74. The van der Waals surface area contributed by atoms with Gasteiger partial charge in [-0.1, -0.05) is 24.3 Å². The number of rotatable bonds is 6. The lowest BCUT2D eigenvalue weighted by molar-refractivity contribution is -0.384. The molecule has 10 nitrogen and oxygen atoms in total. The van der Waals surface area contributed by atoms with Crippen LogP contribution in [0.2, 0.25) is 0 Å². The molecule has 0 spiro atoms. The van der Waals surface area contributed by atoms with Crippen LogP contribution in [0.25, 0.3) is 0 Å². The number of carboxylic acids is 2. The van der Waals surface area contributed by atoms with Gasteiger partial charge in [-0.3, -0.25) is 19.9 Å². The third-order valence-corrected chi connectivity index (χ3v) is 4.74. The van der Waals surface area contributed by atoms with Crippen LogP contribution in [0.4, 0.5) is 5.69 Å². The van der Waals surface area contributed by atoms with E-state index in [-0.39, 0.29) is 10.6 Å². The van der Waals surface area contributed by atoms with E-state index >= 15 is 0 Å². The molecule has 1 aliphatic heterocycles. The molecule has 2 N–H and O–H groups in total. The number of hydrogen-bond donors (Lipinski definition) is 2. The predicted molar refractivity (Wildman–Crippen MR) is 112 cm³/mol. The Hall–Kier alpha value is -3.50. The van der Waals surface area contributed by atoms with Crippen LogP contribution in [0.5, 0.6) is 5.75 Å². The van der Waals surface area contributed by atoms with Crippen molar-refractivity contribution in [3.05, 3.63) is 69.8 Å². The van der Waals surface area contributed by atoms with Crippen molar-refractivity contribution in [3.63, 3.8) is 0 Å². The van der Waals surface area contributed by atoms with Gasteiger partial charge in [-0.15, -0.1) is 0 Å². The molecule has 0 amide bonds. The van der Waals surface area contributed by atoms with Crippen molar-refractivity contribution in [1.29, 1.82) is 0 Å². The molecule has 0 atom stereocenters. The van der Waals surface area contributed by atoms with Gasteiger partial charge < -0.3 is 14.9 Å². The van der Waals surface area contributed by atoms with E-state index in [0.29, 0.717) is 0 Å². The zero-order chi connectivity index (χ0) is 22.8. The fourth-order valence-corrected chi connectivity index (χ4v) is 3.12. The molecule has 0 radical (unpaired) electrons. The number of ether oxygens (including phenoxy) is 1. The number of non-ortho nitro benzene ring substituents is 1. The van der Waals surface area contributed by atoms with E-state index in [9.17, 15) is 10.1 Å². The molecule has 31 heavy (non-hydrogen) atoms. The van der Waals surface area contributed by atoms with Crippen LogP contribution in [0, 0.1) is 10.1 Å². The van der Waals surface area contributed by atoms with E-state index in [1.165, 1.54) is 5.56 Å². The summed E-state index contributed by atoms with van der Waals surface area (Å²) in [5, 5.41) is 25.5. The maximum atomic E-state index is 10.7. The van der Waals surface area contributed by atoms with E-state index in [4.69, 9.17) is 24.5 Å². The van der Waals surface area contributed by atoms with Crippen LogP contribution in [-0.4, -0.2) is 70.2 Å². The van der Waals surface area contributed by atoms with Crippen molar-refractivity contribution in [2.24, 2.45) is 0 Å². The highest BCUT2D eigenvalue weighted by atomic mass is 16.6. The van der Waals surface area contributed by atoms with E-state index in [2.05, 4.69) is 21.9 Å². The van der Waals surface area contributed by atoms with Crippen LogP contribution in [0.1, 0.15) is 11.1 Å². The van der Waals surface area contributed by atoms with Gasteiger partial charge in [0.2, 0.25) is 0 Å². The number of nitro benzene ring substituents is 1. The maximum absolute atomic E-state index is 10.7. The van der Waals surface area contributed by atoms with Gasteiger partial charge in [0.05, 0.1) is 12.0 Å². The molecule has 10 heteroatoms. The molecular formula is C21H25N3O7. The Morgan fingerprint density at radius 3 is 1.90 bits per heavy atom. The van der Waals surface area contributed by atoms with E-state index in [0.717, 1.165) is 50.6 Å². The number of aliphatic carboxylic acids is 2. The van der Waals surface area contributed by atoms with Crippen molar-refractivity contribution in [2.75, 3.05) is 33.3 Å². The van der Waals surface area contributed by atoms with E-state index < -0.39 is 11.9 Å². The Labute approximate surface area is 179 Å². The second-order valence-electron chi connectivity index (χ2n) is 6.94. The fourth-order valence-electron chi connectivity index (χ4n) is 3.12. The lowest BCUT2D eigenvalue weighted by Gasteiger charge is -2.34. The number of hydrogen-bond acceptors (Lipinski definition) is 7. The zero-order valence-electron chi connectivity index (χ0n) is 17.1. The lowest BCUT2D eigenvalue weighted by atomic mass is 10.1. The first-order chi connectivity index (χ1) is 14.8. The number of piperazine rings is 1. The second kappa shape index (κ2) is 11.6. The van der Waals surface area contributed by atoms with Crippen LogP contribution in [0.15, 0.2) is 48.5 Å². The molecule has 1 aliphatic rings. The minimum Gasteiger partial charge on any atom is -0.497 e. The first kappa shape index (κ1) is 23.8. The van der Waals surface area contributed by atoms with Crippen molar-refractivity contribution >= 4 is 17.6 Å². The average molecular weight is 431 g/mol. The number of nitrogens with zero attached hydrogens (tertiary/aromatic N) is 3. The van der Waals surface area contributed by atoms with E-state index in [1.54, 1.807) is 19.2 Å². The summed E-state index contributed by atoms with van der Waals surface area (Å²) in [5.74, 6) is -2.75. The summed E-state index contributed by atoms with van der Waals surface area (Å²) in [5.41, 5.74) is 2.53. The Morgan fingerprint density at radius 1 is 0.935 bits per heavy atom. The minimum atomic E-state index is -1.82. The SMILES string of the molecule is COc1cccc(CN2CCN(Cc3ccc([N+](=O)[O-])cc3)CC2)c1.O=C(O)C(=O)O. The number of benzene rings is 2. The summed E-state index contributed by atoms with van der Waals surface area (Å²) >= 11 is 0. The van der Waals surface area contributed by atoms with Crippen LogP contribution >= 0.6 is 0 Å². The van der Waals surface area contributed by atoms with Gasteiger partial charge in [0, 0.05) is 51.4 Å². The molecule has 1 saturated heterocycles. The maximum Gasteiger partial charge on any atom is 0.414 e. The first-order valence-corrected chi connectivity index (χ1v) is 9.55. The Balaban J connectivity index is 0.000000501. The fraction of sp³-hybridized carbons (Fsp3) is 0.333. The van der Waals surface area contributed by atoms with Gasteiger partial charge >= 0.3 is 11.9 Å². The van der Waals surface area contributed by atoms with Crippen LogP contribution in [-0.2, 0) is 22.7 Å². The van der Waals surface area contributed by atoms with Gasteiger partial charge in [-0.25, -0.2) is 9.59 Å². The Morgan fingerprint density at radius 2 is 1.45 bits per heavy atom. The number of carboxylic acid groups (broad SMARTS) is 2. The molecule has 0 aliphatic carbocycles. The summed E-state index contributed by atoms with van der Waals surface area (Å²) in [6.45, 7) is 5.81. The summed E-state index contributed by atoms with van der Waals surface area (Å²) in [4.78, 5) is 33.4. The zero-order valence-corrected chi connectivity index (χ0v) is 17.1. The summed E-state index contributed by atoms with van der Waals surface area (Å²) in [7, 11) is 1.69. The molecule has 3 rings (SSSR count). The third kappa shape index (κ3) is 8.03. The molecule has 0 aromatic heterocycles. The topological polar surface area (TPSA) is 133 Å². The molecule has 2 aromatic carbocycles. The molecule has 2 aromatic rings. The summed E-state index contributed by atoms with van der Waals surface area (Å²) in [6, 6.07) is 15.1. The largest absolute Gasteiger partial charge is 0.497 e. The standard InChI is InChI=1S/C19H23N3O3.C2H2O4/c1-25-19-4-2-3-17(13-19)15-21-11-9-20(10-12-21)14-16-5-7-18(8-6-16)22(23)24;3-1(4)2(5)6/h2-8,13H,9-12,14-15H2,1H3;(H,3,4)(H,5,6). The molecule has 166 valence electrons. The van der Waals surface area contributed by atoms with Gasteiger partial charge in [-0.2, -0.15) is 0 Å². The summed E-state index contributed by atoms with van der Waals surface area (Å²) < 4.78 is 5.28. The molecule has 0 saturated carbocycles. The predicted octanol–water partition coefficient (Wildman–Crippen LogP) is 2.08. The normalized spacial score (nSPS) is 14.2.